The van der Waals surface area contributed by atoms with Crippen molar-refractivity contribution in [2.24, 2.45) is 0 Å². The van der Waals surface area contributed by atoms with E-state index in [-0.39, 0.29) is 31.1 Å². The lowest BCUT2D eigenvalue weighted by molar-refractivity contribution is -0.167. The Hall–Kier alpha value is -2.11. The van der Waals surface area contributed by atoms with Gasteiger partial charge in [-0.15, -0.1) is 0 Å². The first-order valence-electron chi connectivity index (χ1n) is 29.3. The van der Waals surface area contributed by atoms with Crippen LogP contribution in [0.5, 0.6) is 0 Å². The van der Waals surface area contributed by atoms with Crippen molar-refractivity contribution < 1.29 is 28.6 Å². The molecule has 0 aromatic rings. The fourth-order valence-electron chi connectivity index (χ4n) is 8.73. The smallest absolute Gasteiger partial charge is 0.306 e. The van der Waals surface area contributed by atoms with Gasteiger partial charge in [-0.1, -0.05) is 257 Å². The van der Waals surface area contributed by atoms with E-state index in [1.54, 1.807) is 0 Å². The van der Waals surface area contributed by atoms with Gasteiger partial charge in [-0.3, -0.25) is 14.4 Å². The number of ether oxygens (including phenoxy) is 3. The van der Waals surface area contributed by atoms with Gasteiger partial charge >= 0.3 is 17.9 Å². The molecule has 0 saturated carbocycles. The molecule has 0 heterocycles. The summed E-state index contributed by atoms with van der Waals surface area (Å²) in [5, 5.41) is 0. The summed E-state index contributed by atoms with van der Waals surface area (Å²) in [7, 11) is 0. The van der Waals surface area contributed by atoms with E-state index in [1.807, 2.05) is 0 Å². The van der Waals surface area contributed by atoms with Gasteiger partial charge in [0.15, 0.2) is 6.10 Å². The molecule has 0 saturated heterocycles. The lowest BCUT2D eigenvalue weighted by Crippen LogP contribution is -2.30. The lowest BCUT2D eigenvalue weighted by atomic mass is 10.0. The van der Waals surface area contributed by atoms with E-state index >= 15 is 0 Å². The molecule has 0 rings (SSSR count). The predicted octanol–water partition coefficient (Wildman–Crippen LogP) is 19.5. The molecule has 0 amide bonds. The van der Waals surface area contributed by atoms with Gasteiger partial charge in [-0.25, -0.2) is 0 Å². The van der Waals surface area contributed by atoms with Gasteiger partial charge in [0.1, 0.15) is 13.2 Å². The molecule has 0 radical (unpaired) electrons. The minimum Gasteiger partial charge on any atom is -0.462 e. The fraction of sp³-hybridized carbons (Fsp3) is 0.883. The molecule has 0 N–H and O–H groups in total. The largest absolute Gasteiger partial charge is 0.462 e. The van der Waals surface area contributed by atoms with Gasteiger partial charge in [-0.05, 0) is 70.6 Å². The summed E-state index contributed by atoms with van der Waals surface area (Å²) < 4.78 is 16.9. The second-order valence-electron chi connectivity index (χ2n) is 19.9. The first-order valence-corrected chi connectivity index (χ1v) is 29.3. The highest BCUT2D eigenvalue weighted by Gasteiger charge is 2.19. The number of carbonyl (C=O) groups excluding carboxylic acids is 3. The number of carbonyl (C=O) groups is 3. The summed E-state index contributed by atoms with van der Waals surface area (Å²) in [6.45, 7) is 6.66. The van der Waals surface area contributed by atoms with Gasteiger partial charge in [0.2, 0.25) is 0 Å². The SMILES string of the molecule is CCCCCC/C=C\CCCCCCCC(=O)OC(COC(=O)CCCCCCCCCCCCCC)COC(=O)CCCCCCCCCCCCC/C=C\CCCCCCCCCC. The summed E-state index contributed by atoms with van der Waals surface area (Å²) in [5.74, 6) is -0.862. The molecule has 1 atom stereocenters. The Kier molecular flexibility index (Phi) is 53.7. The van der Waals surface area contributed by atoms with Crippen LogP contribution in [0.4, 0.5) is 0 Å². The Labute approximate surface area is 411 Å². The Morgan fingerprint density at radius 2 is 0.500 bits per heavy atom. The summed E-state index contributed by atoms with van der Waals surface area (Å²) in [6.07, 6.45) is 64.6. The van der Waals surface area contributed by atoms with E-state index in [1.165, 1.54) is 218 Å². The van der Waals surface area contributed by atoms with Crippen LogP contribution < -0.4 is 0 Å². The van der Waals surface area contributed by atoms with Crippen molar-refractivity contribution in [2.75, 3.05) is 13.2 Å². The molecule has 66 heavy (non-hydrogen) atoms. The van der Waals surface area contributed by atoms with Crippen LogP contribution in [0, 0.1) is 0 Å². The first-order chi connectivity index (χ1) is 32.5. The predicted molar refractivity (Wildman–Crippen MR) is 284 cm³/mol. The first kappa shape index (κ1) is 63.9. The van der Waals surface area contributed by atoms with Crippen LogP contribution in [0.1, 0.15) is 323 Å². The van der Waals surface area contributed by atoms with E-state index in [9.17, 15) is 14.4 Å². The van der Waals surface area contributed by atoms with Crippen LogP contribution in [-0.4, -0.2) is 37.2 Å². The maximum atomic E-state index is 12.8. The number of rotatable bonds is 54. The molecule has 0 spiro atoms. The van der Waals surface area contributed by atoms with Crippen molar-refractivity contribution >= 4 is 17.9 Å². The third-order valence-electron chi connectivity index (χ3n) is 13.2. The highest BCUT2D eigenvalue weighted by molar-refractivity contribution is 5.71. The van der Waals surface area contributed by atoms with E-state index in [0.29, 0.717) is 19.3 Å². The van der Waals surface area contributed by atoms with Crippen LogP contribution in [-0.2, 0) is 28.6 Å². The monoisotopic (exact) mass is 929 g/mol. The van der Waals surface area contributed by atoms with Crippen molar-refractivity contribution in [3.8, 4) is 0 Å². The maximum Gasteiger partial charge on any atom is 0.306 e. The molecule has 6 heteroatoms. The number of hydrogen-bond donors (Lipinski definition) is 0. The molecule has 6 nitrogen and oxygen atoms in total. The Bertz CT molecular complexity index is 1070. The second kappa shape index (κ2) is 55.5. The highest BCUT2D eigenvalue weighted by Crippen LogP contribution is 2.16. The number of esters is 3. The van der Waals surface area contributed by atoms with Crippen molar-refractivity contribution in [1.29, 1.82) is 0 Å². The minimum absolute atomic E-state index is 0.0704. The molecule has 0 bridgehead atoms. The zero-order valence-corrected chi connectivity index (χ0v) is 44.5. The summed E-state index contributed by atoms with van der Waals surface area (Å²) in [6, 6.07) is 0. The van der Waals surface area contributed by atoms with E-state index in [2.05, 4.69) is 45.1 Å². The Morgan fingerprint density at radius 1 is 0.288 bits per heavy atom. The topological polar surface area (TPSA) is 78.9 Å². The summed E-state index contributed by atoms with van der Waals surface area (Å²) in [4.78, 5) is 38.1. The number of hydrogen-bond acceptors (Lipinski definition) is 6. The average Bonchev–Trinajstić information content (AvgIpc) is 3.31. The lowest BCUT2D eigenvalue weighted by Gasteiger charge is -2.18. The Morgan fingerprint density at radius 3 is 0.773 bits per heavy atom. The van der Waals surface area contributed by atoms with Crippen molar-refractivity contribution in [2.45, 2.75) is 329 Å². The third kappa shape index (κ3) is 52.9. The quantitative estimate of drug-likeness (QED) is 0.0262. The molecule has 0 aliphatic heterocycles. The number of allylic oxidation sites excluding steroid dienone is 4. The van der Waals surface area contributed by atoms with E-state index in [4.69, 9.17) is 14.2 Å². The molecule has 1 unspecified atom stereocenters. The molecule has 0 fully saturated rings. The van der Waals surface area contributed by atoms with Gasteiger partial charge < -0.3 is 14.2 Å². The molecule has 0 aliphatic rings. The molecule has 388 valence electrons. The molecule has 0 aromatic heterocycles. The van der Waals surface area contributed by atoms with Crippen molar-refractivity contribution in [1.82, 2.24) is 0 Å². The normalized spacial score (nSPS) is 12.1. The van der Waals surface area contributed by atoms with Crippen molar-refractivity contribution in [3.63, 3.8) is 0 Å². The average molecular weight is 930 g/mol. The third-order valence-corrected chi connectivity index (χ3v) is 13.2. The zero-order chi connectivity index (χ0) is 47.9. The van der Waals surface area contributed by atoms with Crippen LogP contribution in [0.25, 0.3) is 0 Å². The van der Waals surface area contributed by atoms with Crippen LogP contribution in [0.3, 0.4) is 0 Å². The Balaban J connectivity index is 4.23. The molecular formula is C60H112O6. The van der Waals surface area contributed by atoms with Crippen LogP contribution >= 0.6 is 0 Å². The van der Waals surface area contributed by atoms with Gasteiger partial charge in [-0.2, -0.15) is 0 Å². The summed E-state index contributed by atoms with van der Waals surface area (Å²) in [5.41, 5.74) is 0. The summed E-state index contributed by atoms with van der Waals surface area (Å²) >= 11 is 0. The molecule has 0 aliphatic carbocycles. The molecular weight excluding hydrogens is 817 g/mol. The van der Waals surface area contributed by atoms with Crippen molar-refractivity contribution in [3.05, 3.63) is 24.3 Å². The van der Waals surface area contributed by atoms with E-state index < -0.39 is 6.10 Å². The van der Waals surface area contributed by atoms with Crippen LogP contribution in [0.2, 0.25) is 0 Å². The fourth-order valence-corrected chi connectivity index (χ4v) is 8.73. The maximum absolute atomic E-state index is 12.8. The van der Waals surface area contributed by atoms with Gasteiger partial charge in [0, 0.05) is 19.3 Å². The van der Waals surface area contributed by atoms with E-state index in [0.717, 1.165) is 64.2 Å². The zero-order valence-electron chi connectivity index (χ0n) is 44.5. The standard InChI is InChI=1S/C60H112O6/c1-4-7-10-13-16-19-22-25-26-27-28-29-30-31-32-33-34-36-38-41-44-47-50-53-59(62)65-56-57(55-64-58(61)52-49-46-43-40-37-24-21-18-15-12-9-6-3)66-60(63)54-51-48-45-42-39-35-23-20-17-14-11-8-5-2/h20,23,27-28,57H,4-19,21-22,24-26,29-56H2,1-3H3/b23-20-,28-27-. The van der Waals surface area contributed by atoms with Crippen LogP contribution in [0.15, 0.2) is 24.3 Å². The van der Waals surface area contributed by atoms with Gasteiger partial charge in [0.25, 0.3) is 0 Å². The van der Waals surface area contributed by atoms with Gasteiger partial charge in [0.05, 0.1) is 0 Å². The minimum atomic E-state index is -0.771. The highest BCUT2D eigenvalue weighted by atomic mass is 16.6. The number of unbranched alkanes of at least 4 members (excludes halogenated alkanes) is 39. The molecule has 0 aromatic carbocycles. The second-order valence-corrected chi connectivity index (χ2v) is 19.9.